The summed E-state index contributed by atoms with van der Waals surface area (Å²) in [5.74, 6) is 1.58. The number of halogens is 1. The van der Waals surface area contributed by atoms with E-state index in [2.05, 4.69) is 35.8 Å². The minimum Gasteiger partial charge on any atom is -0.496 e. The highest BCUT2D eigenvalue weighted by Gasteiger charge is 2.29. The molecule has 0 amide bonds. The molecule has 2 N–H and O–H groups in total. The molecule has 0 spiro atoms. The van der Waals surface area contributed by atoms with Gasteiger partial charge in [0.2, 0.25) is 0 Å². The van der Waals surface area contributed by atoms with E-state index < -0.39 is 0 Å². The van der Waals surface area contributed by atoms with Crippen molar-refractivity contribution in [1.82, 2.24) is 0 Å². The summed E-state index contributed by atoms with van der Waals surface area (Å²) in [5.41, 5.74) is 9.96. The molecule has 2 rings (SSSR count). The van der Waals surface area contributed by atoms with Gasteiger partial charge in [0, 0.05) is 16.1 Å². The molecule has 1 aromatic carbocycles. The number of aryl methyl sites for hydroxylation is 1. The molecule has 1 saturated carbocycles. The molecular weight excluding hydrogens is 278 g/mol. The number of nitrogens with two attached hydrogens (primary N) is 1. The Hall–Kier alpha value is -0.540. The maximum atomic E-state index is 6.41. The summed E-state index contributed by atoms with van der Waals surface area (Å²) in [6.07, 6.45) is 3.80. The average Bonchev–Trinajstić information content (AvgIpc) is 2.20. The minimum atomic E-state index is 0.106. The number of benzene rings is 1. The highest BCUT2D eigenvalue weighted by Crippen LogP contribution is 2.43. The smallest absolute Gasteiger partial charge is 0.126 e. The molecule has 0 saturated heterocycles. The third-order valence-electron chi connectivity index (χ3n) is 3.90. The molecule has 0 aromatic heterocycles. The zero-order valence-electron chi connectivity index (χ0n) is 10.7. The van der Waals surface area contributed by atoms with Crippen molar-refractivity contribution < 1.29 is 4.74 Å². The van der Waals surface area contributed by atoms with E-state index in [0.29, 0.717) is 5.92 Å². The predicted octanol–water partition coefficient (Wildman–Crippen LogP) is 3.87. The molecule has 0 heterocycles. The van der Waals surface area contributed by atoms with E-state index in [4.69, 9.17) is 10.5 Å². The lowest BCUT2D eigenvalue weighted by Gasteiger charge is -2.33. The van der Waals surface area contributed by atoms with Crippen LogP contribution in [0.25, 0.3) is 0 Å². The van der Waals surface area contributed by atoms with Gasteiger partial charge < -0.3 is 10.5 Å². The first-order valence-electron chi connectivity index (χ1n) is 6.15. The summed E-state index contributed by atoms with van der Waals surface area (Å²) in [6, 6.07) is 2.21. The fourth-order valence-electron chi connectivity index (χ4n) is 2.58. The second-order valence-corrected chi connectivity index (χ2v) is 5.82. The zero-order valence-corrected chi connectivity index (χ0v) is 12.3. The molecule has 0 radical (unpaired) electrons. The van der Waals surface area contributed by atoms with E-state index in [1.54, 1.807) is 7.11 Å². The third kappa shape index (κ3) is 2.23. The Morgan fingerprint density at radius 2 is 2.06 bits per heavy atom. The van der Waals surface area contributed by atoms with E-state index in [0.717, 1.165) is 15.8 Å². The van der Waals surface area contributed by atoms with Crippen molar-refractivity contribution >= 4 is 15.9 Å². The van der Waals surface area contributed by atoms with Crippen LogP contribution in [0.2, 0.25) is 0 Å². The normalized spacial score (nSPS) is 17.7. The summed E-state index contributed by atoms with van der Waals surface area (Å²) in [4.78, 5) is 0. The van der Waals surface area contributed by atoms with Gasteiger partial charge in [-0.15, -0.1) is 0 Å². The molecule has 17 heavy (non-hydrogen) atoms. The molecular formula is C14H20BrNO. The third-order valence-corrected chi connectivity index (χ3v) is 4.73. The van der Waals surface area contributed by atoms with Gasteiger partial charge in [-0.3, -0.25) is 0 Å². The van der Waals surface area contributed by atoms with Crippen LogP contribution >= 0.6 is 15.9 Å². The monoisotopic (exact) mass is 297 g/mol. The summed E-state index contributed by atoms with van der Waals surface area (Å²) in [6.45, 7) is 4.18. The zero-order chi connectivity index (χ0) is 12.6. The highest BCUT2D eigenvalue weighted by molar-refractivity contribution is 9.10. The Morgan fingerprint density at radius 3 is 2.53 bits per heavy atom. The fourth-order valence-corrected chi connectivity index (χ4v) is 3.14. The molecule has 1 atom stereocenters. The van der Waals surface area contributed by atoms with Crippen LogP contribution in [-0.4, -0.2) is 7.11 Å². The lowest BCUT2D eigenvalue weighted by molar-refractivity contribution is 0.258. The predicted molar refractivity (Wildman–Crippen MR) is 74.4 cm³/mol. The molecule has 0 bridgehead atoms. The summed E-state index contributed by atoms with van der Waals surface area (Å²) in [5, 5.41) is 0. The lowest BCUT2D eigenvalue weighted by Crippen LogP contribution is -2.28. The van der Waals surface area contributed by atoms with Gasteiger partial charge in [-0.1, -0.05) is 22.4 Å². The van der Waals surface area contributed by atoms with Crippen molar-refractivity contribution in [2.45, 2.75) is 39.2 Å². The van der Waals surface area contributed by atoms with Crippen LogP contribution in [0.4, 0.5) is 0 Å². The number of ether oxygens (including phenoxy) is 1. The van der Waals surface area contributed by atoms with E-state index >= 15 is 0 Å². The summed E-state index contributed by atoms with van der Waals surface area (Å²) >= 11 is 3.61. The van der Waals surface area contributed by atoms with Crippen LogP contribution in [0, 0.1) is 19.8 Å². The largest absolute Gasteiger partial charge is 0.496 e. The number of hydrogen-bond donors (Lipinski definition) is 1. The quantitative estimate of drug-likeness (QED) is 0.919. The van der Waals surface area contributed by atoms with Gasteiger partial charge in [-0.25, -0.2) is 0 Å². The second kappa shape index (κ2) is 4.99. The van der Waals surface area contributed by atoms with Gasteiger partial charge in [-0.05, 0) is 49.8 Å². The Labute approximate surface area is 112 Å². The van der Waals surface area contributed by atoms with Crippen LogP contribution in [0.1, 0.15) is 42.0 Å². The van der Waals surface area contributed by atoms with Gasteiger partial charge >= 0.3 is 0 Å². The first kappa shape index (κ1) is 12.9. The van der Waals surface area contributed by atoms with Gasteiger partial charge in [-0.2, -0.15) is 0 Å². The van der Waals surface area contributed by atoms with Crippen LogP contribution in [0.5, 0.6) is 5.75 Å². The standard InChI is InChI=1S/C14H20BrNO/c1-8-7-11(15)9(2)12(14(8)17-3)13(16)10-5-4-6-10/h7,10,13H,4-6,16H2,1-3H3. The molecule has 1 unspecified atom stereocenters. The Morgan fingerprint density at radius 1 is 1.41 bits per heavy atom. The van der Waals surface area contributed by atoms with Crippen LogP contribution in [0.3, 0.4) is 0 Å². The van der Waals surface area contributed by atoms with Crippen LogP contribution in [0.15, 0.2) is 10.5 Å². The van der Waals surface area contributed by atoms with E-state index in [-0.39, 0.29) is 6.04 Å². The Bertz CT molecular complexity index is 427. The van der Waals surface area contributed by atoms with Crippen LogP contribution < -0.4 is 10.5 Å². The average molecular weight is 298 g/mol. The van der Waals surface area contributed by atoms with Gasteiger partial charge in [0.05, 0.1) is 7.11 Å². The molecule has 2 nitrogen and oxygen atoms in total. The maximum absolute atomic E-state index is 6.41. The van der Waals surface area contributed by atoms with Gasteiger partial charge in [0.1, 0.15) is 5.75 Å². The van der Waals surface area contributed by atoms with Crippen molar-refractivity contribution in [3.8, 4) is 5.75 Å². The van der Waals surface area contributed by atoms with Crippen molar-refractivity contribution in [2.75, 3.05) is 7.11 Å². The maximum Gasteiger partial charge on any atom is 0.126 e. The van der Waals surface area contributed by atoms with Gasteiger partial charge in [0.15, 0.2) is 0 Å². The Kier molecular flexibility index (Phi) is 3.79. The number of rotatable bonds is 3. The highest BCUT2D eigenvalue weighted by atomic mass is 79.9. The SMILES string of the molecule is COc1c(C)cc(Br)c(C)c1C(N)C1CCC1. The molecule has 1 aromatic rings. The van der Waals surface area contributed by atoms with Crippen molar-refractivity contribution in [3.05, 3.63) is 27.2 Å². The van der Waals surface area contributed by atoms with Crippen molar-refractivity contribution in [2.24, 2.45) is 11.7 Å². The molecule has 1 aliphatic rings. The molecule has 1 fully saturated rings. The van der Waals surface area contributed by atoms with E-state index in [1.807, 2.05) is 0 Å². The summed E-state index contributed by atoms with van der Waals surface area (Å²) in [7, 11) is 1.73. The molecule has 94 valence electrons. The number of hydrogen-bond acceptors (Lipinski definition) is 2. The lowest BCUT2D eigenvalue weighted by atomic mass is 9.76. The molecule has 1 aliphatic carbocycles. The number of methoxy groups -OCH3 is 1. The van der Waals surface area contributed by atoms with Crippen LogP contribution in [-0.2, 0) is 0 Å². The minimum absolute atomic E-state index is 0.106. The van der Waals surface area contributed by atoms with E-state index in [1.165, 1.54) is 30.4 Å². The topological polar surface area (TPSA) is 35.2 Å². The Balaban J connectivity index is 2.48. The first-order valence-corrected chi connectivity index (χ1v) is 6.94. The first-order chi connectivity index (χ1) is 8.06. The van der Waals surface area contributed by atoms with Crippen molar-refractivity contribution in [1.29, 1.82) is 0 Å². The van der Waals surface area contributed by atoms with Gasteiger partial charge in [0.25, 0.3) is 0 Å². The van der Waals surface area contributed by atoms with Crippen molar-refractivity contribution in [3.63, 3.8) is 0 Å². The van der Waals surface area contributed by atoms with E-state index in [9.17, 15) is 0 Å². The fraction of sp³-hybridized carbons (Fsp3) is 0.571. The second-order valence-electron chi connectivity index (χ2n) is 4.96. The molecule has 0 aliphatic heterocycles. The summed E-state index contributed by atoms with van der Waals surface area (Å²) < 4.78 is 6.68. The molecule has 3 heteroatoms.